The summed E-state index contributed by atoms with van der Waals surface area (Å²) >= 11 is 0. The molecular weight excluding hydrogens is 138 g/mol. The first kappa shape index (κ1) is 6.85. The first-order chi connectivity index (χ1) is 5.25. The van der Waals surface area contributed by atoms with Gasteiger partial charge in [0.15, 0.2) is 0 Å². The van der Waals surface area contributed by atoms with Crippen LogP contribution < -0.4 is 5.32 Å². The van der Waals surface area contributed by atoms with Crippen LogP contribution in [0.15, 0.2) is 6.20 Å². The van der Waals surface area contributed by atoms with Gasteiger partial charge >= 0.3 is 0 Å². The molecule has 0 amide bonds. The number of aryl methyl sites for hydroxylation is 1. The van der Waals surface area contributed by atoms with Gasteiger partial charge in [-0.05, 0) is 18.9 Å². The zero-order valence-electron chi connectivity index (χ0n) is 6.96. The molecule has 0 fully saturated rings. The monoisotopic (exact) mass is 151 g/mol. The zero-order chi connectivity index (χ0) is 7.84. The van der Waals surface area contributed by atoms with Crippen molar-refractivity contribution in [2.24, 2.45) is 7.05 Å². The Hall–Kier alpha value is -0.830. The summed E-state index contributed by atoms with van der Waals surface area (Å²) in [7, 11) is 1.98. The summed E-state index contributed by atoms with van der Waals surface area (Å²) < 4.78 is 1.89. The van der Waals surface area contributed by atoms with Crippen LogP contribution in [0.3, 0.4) is 0 Å². The molecule has 1 N–H and O–H groups in total. The van der Waals surface area contributed by atoms with Gasteiger partial charge in [0.25, 0.3) is 0 Å². The van der Waals surface area contributed by atoms with Gasteiger partial charge in [-0.2, -0.15) is 5.10 Å². The van der Waals surface area contributed by atoms with Gasteiger partial charge in [-0.25, -0.2) is 0 Å². The number of nitrogens with one attached hydrogen (secondary N) is 1. The highest BCUT2D eigenvalue weighted by molar-refractivity contribution is 5.20. The van der Waals surface area contributed by atoms with Crippen molar-refractivity contribution in [3.63, 3.8) is 0 Å². The maximum atomic E-state index is 4.34. The van der Waals surface area contributed by atoms with Crippen molar-refractivity contribution in [1.82, 2.24) is 15.1 Å². The van der Waals surface area contributed by atoms with Crippen LogP contribution >= 0.6 is 0 Å². The minimum Gasteiger partial charge on any atom is -0.308 e. The second-order valence-corrected chi connectivity index (χ2v) is 3.26. The molecule has 1 aromatic heterocycles. The van der Waals surface area contributed by atoms with Crippen molar-refractivity contribution >= 4 is 0 Å². The predicted molar refractivity (Wildman–Crippen MR) is 43.2 cm³/mol. The van der Waals surface area contributed by atoms with Crippen LogP contribution in [0, 0.1) is 0 Å². The highest BCUT2D eigenvalue weighted by Gasteiger charge is 2.16. The van der Waals surface area contributed by atoms with Gasteiger partial charge in [-0.15, -0.1) is 0 Å². The van der Waals surface area contributed by atoms with Crippen molar-refractivity contribution in [3.05, 3.63) is 17.5 Å². The van der Waals surface area contributed by atoms with Gasteiger partial charge in [0.2, 0.25) is 0 Å². The molecule has 0 bridgehead atoms. The fourth-order valence-corrected chi connectivity index (χ4v) is 1.58. The third-order valence-electron chi connectivity index (χ3n) is 2.14. The minimum atomic E-state index is 0.603. The molecule has 11 heavy (non-hydrogen) atoms. The van der Waals surface area contributed by atoms with E-state index in [0.29, 0.717) is 6.04 Å². The standard InChI is InChI=1S/C8H13N3/c1-6-3-7-5-11(2)10-8(7)4-9-6/h5-6,9H,3-4H2,1-2H3/t6-/m1/s1. The number of aromatic nitrogens is 2. The molecule has 0 saturated carbocycles. The Morgan fingerprint density at radius 1 is 1.73 bits per heavy atom. The minimum absolute atomic E-state index is 0.603. The second kappa shape index (κ2) is 2.34. The second-order valence-electron chi connectivity index (χ2n) is 3.26. The molecule has 0 saturated heterocycles. The lowest BCUT2D eigenvalue weighted by Crippen LogP contribution is -2.32. The van der Waals surface area contributed by atoms with Crippen LogP contribution in [-0.2, 0) is 20.0 Å². The Kier molecular flexibility index (Phi) is 1.46. The topological polar surface area (TPSA) is 29.9 Å². The number of rotatable bonds is 0. The van der Waals surface area contributed by atoms with Crippen LogP contribution in [0.25, 0.3) is 0 Å². The predicted octanol–water partition coefficient (Wildman–Crippen LogP) is 0.454. The van der Waals surface area contributed by atoms with E-state index in [1.165, 1.54) is 11.3 Å². The Bertz CT molecular complexity index is 264. The maximum Gasteiger partial charge on any atom is 0.0794 e. The van der Waals surface area contributed by atoms with Crippen molar-refractivity contribution < 1.29 is 0 Å². The van der Waals surface area contributed by atoms with Crippen LogP contribution in [0.1, 0.15) is 18.2 Å². The van der Waals surface area contributed by atoms with Crippen LogP contribution in [0.5, 0.6) is 0 Å². The third kappa shape index (κ3) is 1.16. The maximum absolute atomic E-state index is 4.34. The number of hydrogen-bond donors (Lipinski definition) is 1. The molecule has 1 atom stereocenters. The number of nitrogens with zero attached hydrogens (tertiary/aromatic N) is 2. The fourth-order valence-electron chi connectivity index (χ4n) is 1.58. The van der Waals surface area contributed by atoms with Crippen molar-refractivity contribution in [1.29, 1.82) is 0 Å². The summed E-state index contributed by atoms with van der Waals surface area (Å²) in [6.45, 7) is 3.13. The lowest BCUT2D eigenvalue weighted by Gasteiger charge is -2.18. The highest BCUT2D eigenvalue weighted by Crippen LogP contribution is 2.13. The molecular formula is C8H13N3. The lowest BCUT2D eigenvalue weighted by molar-refractivity contribution is 0.507. The molecule has 0 radical (unpaired) electrons. The number of hydrogen-bond acceptors (Lipinski definition) is 2. The average Bonchev–Trinajstić information content (AvgIpc) is 2.27. The van der Waals surface area contributed by atoms with Crippen LogP contribution in [0.4, 0.5) is 0 Å². The zero-order valence-corrected chi connectivity index (χ0v) is 6.96. The highest BCUT2D eigenvalue weighted by atomic mass is 15.3. The molecule has 3 heteroatoms. The molecule has 2 heterocycles. The largest absolute Gasteiger partial charge is 0.308 e. The summed E-state index contributed by atoms with van der Waals surface area (Å²) in [6, 6.07) is 0.603. The Morgan fingerprint density at radius 3 is 3.36 bits per heavy atom. The molecule has 3 nitrogen and oxygen atoms in total. The van der Waals surface area contributed by atoms with E-state index >= 15 is 0 Å². The van der Waals surface area contributed by atoms with E-state index in [-0.39, 0.29) is 0 Å². The van der Waals surface area contributed by atoms with E-state index in [9.17, 15) is 0 Å². The van der Waals surface area contributed by atoms with Gasteiger partial charge < -0.3 is 5.32 Å². The molecule has 1 aliphatic rings. The summed E-state index contributed by atoms with van der Waals surface area (Å²) in [5.41, 5.74) is 2.62. The summed E-state index contributed by atoms with van der Waals surface area (Å²) in [5.74, 6) is 0. The van der Waals surface area contributed by atoms with E-state index in [0.717, 1.165) is 13.0 Å². The Balaban J connectivity index is 2.34. The first-order valence-corrected chi connectivity index (χ1v) is 4.00. The van der Waals surface area contributed by atoms with E-state index < -0.39 is 0 Å². The number of fused-ring (bicyclic) bond motifs is 1. The van der Waals surface area contributed by atoms with E-state index in [2.05, 4.69) is 23.5 Å². The van der Waals surface area contributed by atoms with Gasteiger partial charge in [-0.3, -0.25) is 4.68 Å². The van der Waals surface area contributed by atoms with E-state index in [1.807, 2.05) is 11.7 Å². The smallest absolute Gasteiger partial charge is 0.0794 e. The van der Waals surface area contributed by atoms with Crippen molar-refractivity contribution in [3.8, 4) is 0 Å². The molecule has 0 aromatic carbocycles. The normalized spacial score (nSPS) is 23.3. The van der Waals surface area contributed by atoms with Gasteiger partial charge in [0.1, 0.15) is 0 Å². The Labute approximate surface area is 66.4 Å². The quantitative estimate of drug-likeness (QED) is 0.583. The summed E-state index contributed by atoms with van der Waals surface area (Å²) in [6.07, 6.45) is 3.23. The van der Waals surface area contributed by atoms with E-state index in [1.54, 1.807) is 0 Å². The molecule has 0 spiro atoms. The third-order valence-corrected chi connectivity index (χ3v) is 2.14. The SMILES string of the molecule is C[C@@H]1Cc2cn(C)nc2CN1. The fraction of sp³-hybridized carbons (Fsp3) is 0.625. The Morgan fingerprint density at radius 2 is 2.55 bits per heavy atom. The summed E-state index contributed by atoms with van der Waals surface area (Å²) in [4.78, 5) is 0. The molecule has 0 unspecified atom stereocenters. The lowest BCUT2D eigenvalue weighted by atomic mass is 10.0. The van der Waals surface area contributed by atoms with Gasteiger partial charge in [-0.1, -0.05) is 0 Å². The molecule has 1 aliphatic heterocycles. The molecule has 1 aromatic rings. The first-order valence-electron chi connectivity index (χ1n) is 4.00. The van der Waals surface area contributed by atoms with Crippen molar-refractivity contribution in [2.75, 3.05) is 0 Å². The van der Waals surface area contributed by atoms with Gasteiger partial charge in [0.05, 0.1) is 5.69 Å². The van der Waals surface area contributed by atoms with Crippen molar-refractivity contribution in [2.45, 2.75) is 25.9 Å². The average molecular weight is 151 g/mol. The summed E-state index contributed by atoms with van der Waals surface area (Å²) in [5, 5.41) is 7.72. The molecule has 60 valence electrons. The van der Waals surface area contributed by atoms with E-state index in [4.69, 9.17) is 0 Å². The molecule has 0 aliphatic carbocycles. The van der Waals surface area contributed by atoms with Gasteiger partial charge in [0, 0.05) is 25.8 Å². The van der Waals surface area contributed by atoms with Crippen LogP contribution in [0.2, 0.25) is 0 Å². The van der Waals surface area contributed by atoms with Crippen LogP contribution in [-0.4, -0.2) is 15.8 Å². The molecule has 2 rings (SSSR count).